The molecule has 0 spiro atoms. The molecule has 140 valence electrons. The Bertz CT molecular complexity index is 997. The first kappa shape index (κ1) is 18.4. The van der Waals surface area contributed by atoms with Gasteiger partial charge in [0, 0.05) is 38.5 Å². The number of para-hydroxylation sites is 1. The Kier molecular flexibility index (Phi) is 5.04. The molecule has 8 heteroatoms. The maximum absolute atomic E-state index is 12.5. The second-order valence-corrected chi connectivity index (χ2v) is 9.13. The van der Waals surface area contributed by atoms with Crippen LogP contribution in [0.5, 0.6) is 0 Å². The van der Waals surface area contributed by atoms with Crippen LogP contribution in [-0.4, -0.2) is 49.0 Å². The van der Waals surface area contributed by atoms with Crippen molar-refractivity contribution in [3.05, 3.63) is 46.2 Å². The van der Waals surface area contributed by atoms with Crippen LogP contribution in [0.2, 0.25) is 0 Å². The molecule has 26 heavy (non-hydrogen) atoms. The van der Waals surface area contributed by atoms with Gasteiger partial charge < -0.3 is 14.8 Å². The van der Waals surface area contributed by atoms with E-state index in [0.717, 1.165) is 10.9 Å². The van der Waals surface area contributed by atoms with E-state index in [9.17, 15) is 18.0 Å². The summed E-state index contributed by atoms with van der Waals surface area (Å²) in [7, 11) is -1.33. The van der Waals surface area contributed by atoms with Crippen LogP contribution in [0.3, 0.4) is 0 Å². The lowest BCUT2D eigenvalue weighted by Crippen LogP contribution is -2.39. The number of pyridine rings is 1. The number of likely N-dealkylation sites (tertiary alicyclic amines) is 1. The Morgan fingerprint density at radius 2 is 2.04 bits per heavy atom. The van der Waals surface area contributed by atoms with E-state index in [0.29, 0.717) is 25.1 Å². The molecule has 1 atom stereocenters. The summed E-state index contributed by atoms with van der Waals surface area (Å²) in [5, 5.41) is 3.72. The van der Waals surface area contributed by atoms with Crippen molar-refractivity contribution in [2.24, 2.45) is 13.0 Å². The van der Waals surface area contributed by atoms with E-state index < -0.39 is 9.84 Å². The molecule has 0 bridgehead atoms. The third kappa shape index (κ3) is 4.07. The van der Waals surface area contributed by atoms with Crippen LogP contribution in [0.1, 0.15) is 12.0 Å². The highest BCUT2D eigenvalue weighted by Crippen LogP contribution is 2.18. The summed E-state index contributed by atoms with van der Waals surface area (Å²) in [6.07, 6.45) is 1.89. The van der Waals surface area contributed by atoms with Gasteiger partial charge in [0.1, 0.15) is 9.84 Å². The van der Waals surface area contributed by atoms with E-state index in [-0.39, 0.29) is 29.8 Å². The quantitative estimate of drug-likeness (QED) is 0.865. The molecule has 2 amide bonds. The Labute approximate surface area is 152 Å². The molecule has 1 unspecified atom stereocenters. The molecule has 1 aliphatic rings. The number of sulfone groups is 1. The zero-order chi connectivity index (χ0) is 18.9. The number of rotatable bonds is 4. The maximum atomic E-state index is 12.5. The van der Waals surface area contributed by atoms with Crippen molar-refractivity contribution in [1.29, 1.82) is 0 Å². The van der Waals surface area contributed by atoms with Gasteiger partial charge in [0.05, 0.1) is 11.3 Å². The lowest BCUT2D eigenvalue weighted by Gasteiger charge is -2.17. The van der Waals surface area contributed by atoms with Crippen LogP contribution in [0, 0.1) is 5.92 Å². The molecule has 1 N–H and O–H groups in total. The summed E-state index contributed by atoms with van der Waals surface area (Å²) in [6.45, 7) is 1.10. The van der Waals surface area contributed by atoms with Crippen LogP contribution < -0.4 is 10.9 Å². The first-order valence-electron chi connectivity index (χ1n) is 8.53. The van der Waals surface area contributed by atoms with E-state index in [1.807, 2.05) is 24.3 Å². The fourth-order valence-electron chi connectivity index (χ4n) is 3.48. The highest BCUT2D eigenvalue weighted by molar-refractivity contribution is 7.90. The SMILES string of the molecule is Cn1c(=O)c(CNC(=O)N2CCC(CS(C)(=O)=O)C2)cc2ccccc21. The molecule has 1 aromatic carbocycles. The minimum atomic E-state index is -3.05. The van der Waals surface area contributed by atoms with E-state index in [1.165, 1.54) is 6.26 Å². The minimum absolute atomic E-state index is 0.0238. The van der Waals surface area contributed by atoms with Gasteiger partial charge in [0.2, 0.25) is 0 Å². The second kappa shape index (κ2) is 7.11. The molecular weight excluding hydrogens is 354 g/mol. The maximum Gasteiger partial charge on any atom is 0.317 e. The van der Waals surface area contributed by atoms with Gasteiger partial charge in [-0.1, -0.05) is 18.2 Å². The Hall–Kier alpha value is -2.35. The highest BCUT2D eigenvalue weighted by Gasteiger charge is 2.28. The number of fused-ring (bicyclic) bond motifs is 1. The standard InChI is InChI=1S/C18H23N3O4S/c1-20-16-6-4-3-5-14(16)9-15(17(20)22)10-19-18(23)21-8-7-13(11-21)12-26(2,24)25/h3-6,9,13H,7-8,10-12H2,1-2H3,(H,19,23). The van der Waals surface area contributed by atoms with E-state index >= 15 is 0 Å². The van der Waals surface area contributed by atoms with E-state index in [4.69, 9.17) is 0 Å². The first-order chi connectivity index (χ1) is 12.2. The van der Waals surface area contributed by atoms with E-state index in [1.54, 1.807) is 22.6 Å². The molecule has 7 nitrogen and oxygen atoms in total. The third-order valence-electron chi connectivity index (χ3n) is 4.75. The molecular formula is C18H23N3O4S. The number of hydrogen-bond acceptors (Lipinski definition) is 4. The topological polar surface area (TPSA) is 88.5 Å². The average Bonchev–Trinajstić information content (AvgIpc) is 3.03. The van der Waals surface area contributed by atoms with Crippen molar-refractivity contribution < 1.29 is 13.2 Å². The van der Waals surface area contributed by atoms with Gasteiger partial charge in [-0.25, -0.2) is 13.2 Å². The molecule has 1 aliphatic heterocycles. The number of carbonyl (C=O) groups excluding carboxylic acids is 1. The summed E-state index contributed by atoms with van der Waals surface area (Å²) in [4.78, 5) is 26.4. The zero-order valence-electron chi connectivity index (χ0n) is 14.9. The minimum Gasteiger partial charge on any atom is -0.334 e. The van der Waals surface area contributed by atoms with Gasteiger partial charge in [-0.2, -0.15) is 0 Å². The fraction of sp³-hybridized carbons (Fsp3) is 0.444. The molecule has 1 saturated heterocycles. The molecule has 1 aromatic heterocycles. The van der Waals surface area contributed by atoms with Crippen molar-refractivity contribution in [1.82, 2.24) is 14.8 Å². The van der Waals surface area contributed by atoms with Crippen molar-refractivity contribution in [3.8, 4) is 0 Å². The van der Waals surface area contributed by atoms with Crippen LogP contribution >= 0.6 is 0 Å². The van der Waals surface area contributed by atoms with Gasteiger partial charge in [-0.15, -0.1) is 0 Å². The molecule has 1 fully saturated rings. The molecule has 2 heterocycles. The smallest absolute Gasteiger partial charge is 0.317 e. The Morgan fingerprint density at radius 1 is 1.31 bits per heavy atom. The van der Waals surface area contributed by atoms with Gasteiger partial charge in [-0.3, -0.25) is 4.79 Å². The van der Waals surface area contributed by atoms with Crippen LogP contribution in [0.4, 0.5) is 4.79 Å². The summed E-state index contributed by atoms with van der Waals surface area (Å²) in [6, 6.07) is 9.12. The number of carbonyl (C=O) groups is 1. The van der Waals surface area contributed by atoms with Crippen molar-refractivity contribution in [3.63, 3.8) is 0 Å². The normalized spacial score (nSPS) is 17.6. The lowest BCUT2D eigenvalue weighted by molar-refractivity contribution is 0.207. The van der Waals surface area contributed by atoms with Gasteiger partial charge in [-0.05, 0) is 29.9 Å². The highest BCUT2D eigenvalue weighted by atomic mass is 32.2. The number of urea groups is 1. The fourth-order valence-corrected chi connectivity index (χ4v) is 4.61. The third-order valence-corrected chi connectivity index (χ3v) is 5.83. The number of benzene rings is 1. The van der Waals surface area contributed by atoms with Crippen molar-refractivity contribution >= 4 is 26.8 Å². The van der Waals surface area contributed by atoms with Crippen molar-refractivity contribution in [2.45, 2.75) is 13.0 Å². The van der Waals surface area contributed by atoms with Gasteiger partial charge in [0.25, 0.3) is 5.56 Å². The monoisotopic (exact) mass is 377 g/mol. The van der Waals surface area contributed by atoms with E-state index in [2.05, 4.69) is 5.32 Å². The number of nitrogens with zero attached hydrogens (tertiary/aromatic N) is 2. The van der Waals surface area contributed by atoms with Crippen molar-refractivity contribution in [2.75, 3.05) is 25.1 Å². The van der Waals surface area contributed by atoms with Crippen LogP contribution in [-0.2, 0) is 23.4 Å². The number of nitrogens with one attached hydrogen (secondary N) is 1. The summed E-state index contributed by atoms with van der Waals surface area (Å²) >= 11 is 0. The Morgan fingerprint density at radius 3 is 2.77 bits per heavy atom. The lowest BCUT2D eigenvalue weighted by atomic mass is 10.1. The number of aryl methyl sites for hydroxylation is 1. The van der Waals surface area contributed by atoms with Crippen LogP contribution in [0.15, 0.2) is 35.1 Å². The first-order valence-corrected chi connectivity index (χ1v) is 10.6. The summed E-state index contributed by atoms with van der Waals surface area (Å²) < 4.78 is 24.4. The number of amides is 2. The number of aromatic nitrogens is 1. The molecule has 0 aliphatic carbocycles. The van der Waals surface area contributed by atoms with Gasteiger partial charge in [0.15, 0.2) is 0 Å². The zero-order valence-corrected chi connectivity index (χ0v) is 15.8. The summed E-state index contributed by atoms with van der Waals surface area (Å²) in [5.74, 6) is 0.0754. The largest absolute Gasteiger partial charge is 0.334 e. The summed E-state index contributed by atoms with van der Waals surface area (Å²) in [5.41, 5.74) is 1.22. The Balaban J connectivity index is 1.66. The molecule has 3 rings (SSSR count). The average molecular weight is 377 g/mol. The predicted molar refractivity (Wildman–Crippen MR) is 101 cm³/mol. The molecule has 2 aromatic rings. The second-order valence-electron chi connectivity index (χ2n) is 6.94. The molecule has 0 radical (unpaired) electrons. The molecule has 0 saturated carbocycles. The predicted octanol–water partition coefficient (Wildman–Crippen LogP) is 1.11. The van der Waals surface area contributed by atoms with Gasteiger partial charge >= 0.3 is 6.03 Å². The van der Waals surface area contributed by atoms with Crippen LogP contribution in [0.25, 0.3) is 10.9 Å². The number of hydrogen-bond donors (Lipinski definition) is 1.